The smallest absolute Gasteiger partial charge is 0.231 e. The molecule has 0 spiro atoms. The van der Waals surface area contributed by atoms with Crippen molar-refractivity contribution in [3.8, 4) is 17.2 Å². The number of nitrogens with one attached hydrogen (secondary N) is 1. The molecule has 0 amide bonds. The fourth-order valence-electron chi connectivity index (χ4n) is 2.15. The molecule has 2 aliphatic rings. The van der Waals surface area contributed by atoms with Crippen LogP contribution in [0.2, 0.25) is 0 Å². The number of hydrogen-bond donors (Lipinski definition) is 1. The Morgan fingerprint density at radius 2 is 2.12 bits per heavy atom. The van der Waals surface area contributed by atoms with Gasteiger partial charge in [-0.2, -0.15) is 0 Å². The number of benzene rings is 1. The molecule has 0 aromatic heterocycles. The maximum atomic E-state index is 5.47. The van der Waals surface area contributed by atoms with Gasteiger partial charge in [-0.25, -0.2) is 0 Å². The number of ether oxygens (including phenoxy) is 4. The lowest BCUT2D eigenvalue weighted by atomic mass is 10.0. The van der Waals surface area contributed by atoms with Crippen molar-refractivity contribution in [2.24, 2.45) is 0 Å². The van der Waals surface area contributed by atoms with Gasteiger partial charge in [0.1, 0.15) is 5.75 Å². The average Bonchev–Trinajstić information content (AvgIpc) is 2.85. The largest absolute Gasteiger partial charge is 0.496 e. The van der Waals surface area contributed by atoms with Crippen molar-refractivity contribution in [3.63, 3.8) is 0 Å². The number of fused-ring (bicyclic) bond motifs is 1. The van der Waals surface area contributed by atoms with Gasteiger partial charge >= 0.3 is 0 Å². The van der Waals surface area contributed by atoms with E-state index >= 15 is 0 Å². The van der Waals surface area contributed by atoms with Gasteiger partial charge in [-0.1, -0.05) is 0 Å². The van der Waals surface area contributed by atoms with E-state index < -0.39 is 0 Å². The Hall–Kier alpha value is -1.46. The molecule has 5 nitrogen and oxygen atoms in total. The molecule has 1 aromatic carbocycles. The minimum atomic E-state index is 0.146. The van der Waals surface area contributed by atoms with Gasteiger partial charge in [0, 0.05) is 18.2 Å². The summed E-state index contributed by atoms with van der Waals surface area (Å²) in [5, 5.41) is 3.40. The van der Waals surface area contributed by atoms with E-state index in [0.29, 0.717) is 6.61 Å². The van der Waals surface area contributed by atoms with Gasteiger partial charge in [0.25, 0.3) is 0 Å². The molecule has 0 unspecified atom stereocenters. The summed E-state index contributed by atoms with van der Waals surface area (Å²) < 4.78 is 21.6. The fourth-order valence-corrected chi connectivity index (χ4v) is 2.15. The van der Waals surface area contributed by atoms with E-state index in [0.717, 1.165) is 36.0 Å². The molecule has 0 radical (unpaired) electrons. The summed E-state index contributed by atoms with van der Waals surface area (Å²) in [5.41, 5.74) is 1.05. The first-order valence-electron chi connectivity index (χ1n) is 5.67. The van der Waals surface area contributed by atoms with E-state index in [-0.39, 0.29) is 12.8 Å². The molecule has 1 saturated heterocycles. The van der Waals surface area contributed by atoms with Crippen LogP contribution < -0.4 is 19.5 Å². The summed E-state index contributed by atoms with van der Waals surface area (Å²) in [6.45, 7) is 2.53. The molecule has 2 aliphatic heterocycles. The van der Waals surface area contributed by atoms with Crippen LogP contribution in [0.3, 0.4) is 0 Å². The van der Waals surface area contributed by atoms with Gasteiger partial charge in [-0.15, -0.1) is 0 Å². The maximum absolute atomic E-state index is 5.47. The highest BCUT2D eigenvalue weighted by molar-refractivity contribution is 5.53. The molecule has 0 bridgehead atoms. The number of hydrogen-bond acceptors (Lipinski definition) is 5. The van der Waals surface area contributed by atoms with Crippen LogP contribution in [0.1, 0.15) is 11.6 Å². The van der Waals surface area contributed by atoms with E-state index in [1.165, 1.54) is 0 Å². The van der Waals surface area contributed by atoms with E-state index in [1.807, 2.05) is 12.1 Å². The Balaban J connectivity index is 1.96. The molecule has 1 atom stereocenters. The predicted molar refractivity (Wildman–Crippen MR) is 60.7 cm³/mol. The summed E-state index contributed by atoms with van der Waals surface area (Å²) in [5.74, 6) is 2.31. The highest BCUT2D eigenvalue weighted by Crippen LogP contribution is 2.40. The van der Waals surface area contributed by atoms with Crippen LogP contribution in [0, 0.1) is 0 Å². The van der Waals surface area contributed by atoms with Crippen LogP contribution in [-0.2, 0) is 4.74 Å². The Morgan fingerprint density at radius 1 is 1.29 bits per heavy atom. The summed E-state index contributed by atoms with van der Waals surface area (Å²) in [6, 6.07) is 3.98. The van der Waals surface area contributed by atoms with Crippen LogP contribution in [0.4, 0.5) is 0 Å². The van der Waals surface area contributed by atoms with Crippen molar-refractivity contribution in [2.75, 3.05) is 33.7 Å². The molecule has 3 rings (SSSR count). The van der Waals surface area contributed by atoms with Crippen molar-refractivity contribution in [3.05, 3.63) is 17.7 Å². The quantitative estimate of drug-likeness (QED) is 0.834. The standard InChI is InChI=1S/C12H15NO4/c1-14-10-5-12-11(16-7-17-12)4-8(10)9-6-15-3-2-13-9/h4-5,9,13H,2-3,6-7H2,1H3/t9-/m1/s1. The molecule has 1 aromatic rings. The molecular formula is C12H15NO4. The summed E-state index contributed by atoms with van der Waals surface area (Å²) in [7, 11) is 1.66. The predicted octanol–water partition coefficient (Wildman–Crippen LogP) is 1.08. The zero-order valence-electron chi connectivity index (χ0n) is 9.69. The second kappa shape index (κ2) is 4.43. The Kier molecular flexibility index (Phi) is 2.78. The van der Waals surface area contributed by atoms with Crippen LogP contribution in [-0.4, -0.2) is 33.7 Å². The van der Waals surface area contributed by atoms with E-state index in [2.05, 4.69) is 5.32 Å². The van der Waals surface area contributed by atoms with E-state index in [9.17, 15) is 0 Å². The molecule has 2 heterocycles. The molecule has 0 saturated carbocycles. The lowest BCUT2D eigenvalue weighted by molar-refractivity contribution is 0.0760. The highest BCUT2D eigenvalue weighted by Gasteiger charge is 2.24. The molecule has 17 heavy (non-hydrogen) atoms. The highest BCUT2D eigenvalue weighted by atomic mass is 16.7. The van der Waals surface area contributed by atoms with Crippen LogP contribution in [0.25, 0.3) is 0 Å². The molecule has 1 N–H and O–H groups in total. The summed E-state index contributed by atoms with van der Waals surface area (Å²) in [4.78, 5) is 0. The second-order valence-corrected chi connectivity index (χ2v) is 4.03. The third kappa shape index (κ3) is 1.92. The summed E-state index contributed by atoms with van der Waals surface area (Å²) >= 11 is 0. The topological polar surface area (TPSA) is 49.0 Å². The zero-order valence-corrected chi connectivity index (χ0v) is 9.69. The van der Waals surface area contributed by atoms with E-state index in [4.69, 9.17) is 18.9 Å². The van der Waals surface area contributed by atoms with Gasteiger partial charge in [0.05, 0.1) is 26.4 Å². The maximum Gasteiger partial charge on any atom is 0.231 e. The normalized spacial score (nSPS) is 22.5. The molecule has 92 valence electrons. The molecule has 0 aliphatic carbocycles. The minimum absolute atomic E-state index is 0.146. The third-order valence-electron chi connectivity index (χ3n) is 3.02. The van der Waals surface area contributed by atoms with Gasteiger partial charge in [0.15, 0.2) is 11.5 Å². The minimum Gasteiger partial charge on any atom is -0.496 e. The van der Waals surface area contributed by atoms with Crippen molar-refractivity contribution < 1.29 is 18.9 Å². The first-order valence-corrected chi connectivity index (χ1v) is 5.67. The van der Waals surface area contributed by atoms with Gasteiger partial charge in [0.2, 0.25) is 6.79 Å². The van der Waals surface area contributed by atoms with Gasteiger partial charge < -0.3 is 24.3 Å². The lowest BCUT2D eigenvalue weighted by Crippen LogP contribution is -2.34. The summed E-state index contributed by atoms with van der Waals surface area (Å²) in [6.07, 6.45) is 0. The second-order valence-electron chi connectivity index (χ2n) is 4.03. The van der Waals surface area contributed by atoms with Crippen molar-refractivity contribution in [1.29, 1.82) is 0 Å². The molecule has 1 fully saturated rings. The number of morpholine rings is 1. The first kappa shape index (κ1) is 10.7. The van der Waals surface area contributed by atoms with Gasteiger partial charge in [-0.3, -0.25) is 0 Å². The SMILES string of the molecule is COc1cc2c(cc1[C@H]1COCCN1)OCO2. The van der Waals surface area contributed by atoms with Crippen molar-refractivity contribution >= 4 is 0 Å². The Labute approximate surface area is 99.6 Å². The number of methoxy groups -OCH3 is 1. The Bertz CT molecular complexity index is 415. The average molecular weight is 237 g/mol. The lowest BCUT2D eigenvalue weighted by Gasteiger charge is -2.25. The van der Waals surface area contributed by atoms with Crippen LogP contribution in [0.5, 0.6) is 17.2 Å². The van der Waals surface area contributed by atoms with Crippen LogP contribution >= 0.6 is 0 Å². The molecule has 5 heteroatoms. The molecular weight excluding hydrogens is 222 g/mol. The first-order chi connectivity index (χ1) is 8.38. The number of rotatable bonds is 2. The monoisotopic (exact) mass is 237 g/mol. The van der Waals surface area contributed by atoms with E-state index in [1.54, 1.807) is 7.11 Å². The van der Waals surface area contributed by atoms with Crippen LogP contribution in [0.15, 0.2) is 12.1 Å². The Morgan fingerprint density at radius 3 is 2.82 bits per heavy atom. The zero-order chi connectivity index (χ0) is 11.7. The van der Waals surface area contributed by atoms with Crippen molar-refractivity contribution in [2.45, 2.75) is 6.04 Å². The van der Waals surface area contributed by atoms with Gasteiger partial charge in [-0.05, 0) is 6.07 Å². The van der Waals surface area contributed by atoms with Crippen molar-refractivity contribution in [1.82, 2.24) is 5.32 Å². The fraction of sp³-hybridized carbons (Fsp3) is 0.500. The third-order valence-corrected chi connectivity index (χ3v) is 3.02.